The van der Waals surface area contributed by atoms with E-state index in [0.29, 0.717) is 13.2 Å². The van der Waals surface area contributed by atoms with Gasteiger partial charge in [0.1, 0.15) is 30.7 Å². The van der Waals surface area contributed by atoms with E-state index in [0.717, 1.165) is 46.4 Å². The Labute approximate surface area is 263 Å². The van der Waals surface area contributed by atoms with E-state index < -0.39 is 5.41 Å². The Morgan fingerprint density at radius 3 is 1.43 bits per heavy atom. The van der Waals surface area contributed by atoms with Crippen LogP contribution in [0.2, 0.25) is 0 Å². The van der Waals surface area contributed by atoms with Crippen LogP contribution in [0.15, 0.2) is 116 Å². The van der Waals surface area contributed by atoms with Crippen molar-refractivity contribution >= 4 is 43.7 Å². The van der Waals surface area contributed by atoms with E-state index in [-0.39, 0.29) is 17.5 Å². The minimum Gasteiger partial charge on any atom is -0.478 e. The summed E-state index contributed by atoms with van der Waals surface area (Å²) in [6, 6.07) is 34.4. The van der Waals surface area contributed by atoms with E-state index in [2.05, 4.69) is 117 Å². The maximum atomic E-state index is 6.52. The summed E-state index contributed by atoms with van der Waals surface area (Å²) in [5.41, 5.74) is 7.28. The molecule has 1 saturated carbocycles. The van der Waals surface area contributed by atoms with Crippen molar-refractivity contribution in [3.05, 3.63) is 128 Å². The van der Waals surface area contributed by atoms with Crippen LogP contribution in [0.5, 0.6) is 0 Å². The van der Waals surface area contributed by atoms with Crippen molar-refractivity contribution in [3.63, 3.8) is 0 Å². The third kappa shape index (κ3) is 4.13. The summed E-state index contributed by atoms with van der Waals surface area (Å²) in [6.45, 7) is 1.10. The average Bonchev–Trinajstić information content (AvgIpc) is 3.78. The highest BCUT2D eigenvalue weighted by Gasteiger charge is 2.56. The van der Waals surface area contributed by atoms with Gasteiger partial charge in [-0.1, -0.05) is 105 Å². The lowest BCUT2D eigenvalue weighted by molar-refractivity contribution is 0.193. The zero-order valence-electron chi connectivity index (χ0n) is 23.1. The van der Waals surface area contributed by atoms with Crippen molar-refractivity contribution in [2.45, 2.75) is 43.2 Å². The molecule has 6 heteroatoms. The maximum Gasteiger partial charge on any atom is 0.200 e. The molecule has 2 heterocycles. The number of benzene rings is 4. The molecule has 2 atom stereocenters. The van der Waals surface area contributed by atoms with E-state index in [1.54, 1.807) is 0 Å². The molecule has 2 aliphatic carbocycles. The van der Waals surface area contributed by atoms with Gasteiger partial charge in [-0.15, -0.1) is 0 Å². The highest BCUT2D eigenvalue weighted by molar-refractivity contribution is 9.10. The zero-order valence-corrected chi connectivity index (χ0v) is 26.3. The summed E-state index contributed by atoms with van der Waals surface area (Å²) < 4.78 is 15.3. The Kier molecular flexibility index (Phi) is 6.41. The monoisotopic (exact) mass is 680 g/mol. The van der Waals surface area contributed by atoms with Crippen LogP contribution in [-0.4, -0.2) is 25.0 Å². The molecule has 1 fully saturated rings. The average molecular weight is 682 g/mol. The summed E-state index contributed by atoms with van der Waals surface area (Å²) in [5.74, 6) is 1.58. The zero-order chi connectivity index (χ0) is 28.3. The SMILES string of the molecule is Brc1ccc2c(c1)C1(CCC(C3=N[C@@H](c4ccccc4)CO3)(C3=N[C@@H](c4ccccc4)CO3)CC1)c1cc(Br)ccc1-2. The third-order valence-electron chi connectivity index (χ3n) is 9.73. The van der Waals surface area contributed by atoms with Crippen LogP contribution in [0.3, 0.4) is 0 Å². The summed E-state index contributed by atoms with van der Waals surface area (Å²) in [4.78, 5) is 10.5. The van der Waals surface area contributed by atoms with Crippen LogP contribution in [0.4, 0.5) is 0 Å². The molecule has 8 rings (SSSR count). The lowest BCUT2D eigenvalue weighted by Crippen LogP contribution is -2.47. The quantitative estimate of drug-likeness (QED) is 0.215. The molecule has 0 N–H and O–H groups in total. The van der Waals surface area contributed by atoms with Gasteiger partial charge in [-0.3, -0.25) is 0 Å². The lowest BCUT2D eigenvalue weighted by Gasteiger charge is -2.44. The Morgan fingerprint density at radius 2 is 0.976 bits per heavy atom. The normalized spacial score (nSPS) is 23.0. The number of nitrogens with zero attached hydrogens (tertiary/aromatic N) is 2. The van der Waals surface area contributed by atoms with Gasteiger partial charge in [0.2, 0.25) is 0 Å². The number of halogens is 2. The van der Waals surface area contributed by atoms with Gasteiger partial charge in [-0.2, -0.15) is 0 Å². The third-order valence-corrected chi connectivity index (χ3v) is 10.7. The van der Waals surface area contributed by atoms with Crippen molar-refractivity contribution in [1.29, 1.82) is 0 Å². The molecular weight excluding hydrogens is 652 g/mol. The molecule has 4 aromatic rings. The van der Waals surface area contributed by atoms with Gasteiger partial charge in [0.15, 0.2) is 11.8 Å². The van der Waals surface area contributed by atoms with Crippen molar-refractivity contribution in [2.24, 2.45) is 15.4 Å². The summed E-state index contributed by atoms with van der Waals surface area (Å²) in [5, 5.41) is 0. The molecule has 1 spiro atoms. The van der Waals surface area contributed by atoms with E-state index in [4.69, 9.17) is 19.5 Å². The molecule has 2 aliphatic heterocycles. The standard InChI is InChI=1S/C36H30Br2N2O2/c37-25-11-13-27-28-14-12-26(38)20-30(28)35(29(27)19-25)15-17-36(18-16-35,33-39-31(21-41-33)23-7-3-1-4-8-23)34-40-32(22-42-34)24-9-5-2-6-10-24/h1-14,19-20,31-32H,15-18,21-22H2/t31-,32-/m1/s1. The number of rotatable bonds is 4. The van der Waals surface area contributed by atoms with E-state index >= 15 is 0 Å². The van der Waals surface area contributed by atoms with Crippen LogP contribution in [0, 0.1) is 5.41 Å². The largest absolute Gasteiger partial charge is 0.478 e. The van der Waals surface area contributed by atoms with Gasteiger partial charge >= 0.3 is 0 Å². The first-order chi connectivity index (χ1) is 20.6. The Morgan fingerprint density at radius 1 is 0.548 bits per heavy atom. The predicted molar refractivity (Wildman–Crippen MR) is 174 cm³/mol. The molecule has 0 saturated heterocycles. The number of hydrogen-bond acceptors (Lipinski definition) is 4. The van der Waals surface area contributed by atoms with E-state index in [9.17, 15) is 0 Å². The van der Waals surface area contributed by atoms with E-state index in [1.165, 1.54) is 33.4 Å². The van der Waals surface area contributed by atoms with Crippen molar-refractivity contribution < 1.29 is 9.47 Å². The van der Waals surface area contributed by atoms with Crippen molar-refractivity contribution in [3.8, 4) is 11.1 Å². The number of fused-ring (bicyclic) bond motifs is 5. The fourth-order valence-corrected chi connectivity index (χ4v) is 8.29. The Hall–Kier alpha value is -3.22. The second kappa shape index (κ2) is 10.2. The summed E-state index contributed by atoms with van der Waals surface area (Å²) in [7, 11) is 0. The van der Waals surface area contributed by atoms with Crippen molar-refractivity contribution in [1.82, 2.24) is 0 Å². The smallest absolute Gasteiger partial charge is 0.200 e. The number of aliphatic imine (C=N–C) groups is 2. The van der Waals surface area contributed by atoms with Crippen molar-refractivity contribution in [2.75, 3.05) is 13.2 Å². The number of hydrogen-bond donors (Lipinski definition) is 0. The van der Waals surface area contributed by atoms with Crippen LogP contribution >= 0.6 is 31.9 Å². The second-order valence-corrected chi connectivity index (χ2v) is 13.7. The van der Waals surface area contributed by atoms with Crippen LogP contribution in [0.25, 0.3) is 11.1 Å². The molecule has 4 aromatic carbocycles. The van der Waals surface area contributed by atoms with Gasteiger partial charge < -0.3 is 9.47 Å². The lowest BCUT2D eigenvalue weighted by atomic mass is 9.59. The maximum absolute atomic E-state index is 6.52. The molecule has 210 valence electrons. The number of ether oxygens (including phenoxy) is 2. The van der Waals surface area contributed by atoms with Crippen LogP contribution in [-0.2, 0) is 14.9 Å². The van der Waals surface area contributed by atoms with Gasteiger partial charge in [-0.05, 0) is 83.3 Å². The molecule has 0 amide bonds. The van der Waals surface area contributed by atoms with Gasteiger partial charge in [0.25, 0.3) is 0 Å². The minimum absolute atomic E-state index is 0.0132. The molecule has 42 heavy (non-hydrogen) atoms. The fourth-order valence-electron chi connectivity index (χ4n) is 7.56. The summed E-state index contributed by atoms with van der Waals surface area (Å²) in [6.07, 6.45) is 3.62. The molecule has 0 unspecified atom stereocenters. The Balaban J connectivity index is 1.21. The molecule has 4 nitrogen and oxygen atoms in total. The van der Waals surface area contributed by atoms with Crippen LogP contribution < -0.4 is 0 Å². The molecule has 0 bridgehead atoms. The van der Waals surface area contributed by atoms with Gasteiger partial charge in [0.05, 0.1) is 0 Å². The predicted octanol–water partition coefficient (Wildman–Crippen LogP) is 9.38. The topological polar surface area (TPSA) is 43.2 Å². The van der Waals surface area contributed by atoms with Gasteiger partial charge in [0, 0.05) is 14.4 Å². The first-order valence-electron chi connectivity index (χ1n) is 14.7. The van der Waals surface area contributed by atoms with Crippen LogP contribution in [0.1, 0.15) is 60.0 Å². The van der Waals surface area contributed by atoms with E-state index in [1.807, 2.05) is 12.1 Å². The molecule has 0 aromatic heterocycles. The first-order valence-corrected chi connectivity index (χ1v) is 16.3. The van der Waals surface area contributed by atoms with Gasteiger partial charge in [-0.25, -0.2) is 9.98 Å². The highest BCUT2D eigenvalue weighted by Crippen LogP contribution is 2.60. The second-order valence-electron chi connectivity index (χ2n) is 11.9. The molecule has 0 radical (unpaired) electrons. The fraction of sp³-hybridized carbons (Fsp3) is 0.278. The molecular formula is C36H30Br2N2O2. The first kappa shape index (κ1) is 26.4. The molecule has 4 aliphatic rings. The minimum atomic E-state index is -0.487. The summed E-state index contributed by atoms with van der Waals surface area (Å²) >= 11 is 7.55. The Bertz CT molecular complexity index is 1610. The highest BCUT2D eigenvalue weighted by atomic mass is 79.9.